The number of pyridine rings is 1. The highest BCUT2D eigenvalue weighted by atomic mass is 79.9. The molecule has 0 unspecified atom stereocenters. The van der Waals surface area contributed by atoms with Gasteiger partial charge in [0, 0.05) is 16.4 Å². The largest absolute Gasteiger partial charge is 0.260 e. The Morgan fingerprint density at radius 1 is 1.30 bits per heavy atom. The maximum atomic E-state index is 13.6. The number of sulfone groups is 1. The van der Waals surface area contributed by atoms with Crippen LogP contribution in [0.1, 0.15) is 11.3 Å². The van der Waals surface area contributed by atoms with Crippen molar-refractivity contribution in [3.05, 3.63) is 57.8 Å². The monoisotopic (exact) mass is 361 g/mol. The van der Waals surface area contributed by atoms with E-state index in [2.05, 4.69) is 20.9 Å². The van der Waals surface area contributed by atoms with Crippen LogP contribution in [-0.2, 0) is 15.6 Å². The van der Waals surface area contributed by atoms with Gasteiger partial charge < -0.3 is 0 Å². The van der Waals surface area contributed by atoms with E-state index in [4.69, 9.17) is 0 Å². The first-order valence-corrected chi connectivity index (χ1v) is 8.03. The topological polar surface area (TPSA) is 47.0 Å². The number of halogens is 3. The van der Waals surface area contributed by atoms with E-state index >= 15 is 0 Å². The molecule has 0 bridgehead atoms. The van der Waals surface area contributed by atoms with Crippen molar-refractivity contribution in [1.29, 1.82) is 0 Å². The number of nitrogens with zero attached hydrogens (tertiary/aromatic N) is 1. The third-order valence-corrected chi connectivity index (χ3v) is 4.87. The Bertz CT molecular complexity index is 763. The van der Waals surface area contributed by atoms with Gasteiger partial charge in [0.05, 0.1) is 5.75 Å². The second kappa shape index (κ2) is 5.57. The summed E-state index contributed by atoms with van der Waals surface area (Å²) in [5.41, 5.74) is 0.955. The van der Waals surface area contributed by atoms with E-state index in [9.17, 15) is 17.2 Å². The zero-order valence-electron chi connectivity index (χ0n) is 10.4. The van der Waals surface area contributed by atoms with Crippen LogP contribution in [-0.4, -0.2) is 13.4 Å². The molecule has 20 heavy (non-hydrogen) atoms. The molecule has 1 heterocycles. The fourth-order valence-corrected chi connectivity index (χ4v) is 3.59. The third kappa shape index (κ3) is 3.04. The predicted molar refractivity (Wildman–Crippen MR) is 73.9 cm³/mol. The van der Waals surface area contributed by atoms with Gasteiger partial charge in [-0.05, 0) is 46.6 Å². The highest BCUT2D eigenvalue weighted by Crippen LogP contribution is 2.23. The molecule has 0 aliphatic rings. The van der Waals surface area contributed by atoms with E-state index in [0.29, 0.717) is 15.7 Å². The minimum atomic E-state index is -3.98. The van der Waals surface area contributed by atoms with Gasteiger partial charge in [-0.25, -0.2) is 17.2 Å². The molecule has 2 rings (SSSR count). The highest BCUT2D eigenvalue weighted by molar-refractivity contribution is 9.10. The van der Waals surface area contributed by atoms with Crippen molar-refractivity contribution in [2.75, 3.05) is 0 Å². The van der Waals surface area contributed by atoms with Crippen LogP contribution in [0, 0.1) is 18.6 Å². The normalized spacial score (nSPS) is 11.6. The fraction of sp³-hybridized carbons (Fsp3) is 0.154. The molecule has 0 amide bonds. The fourth-order valence-electron chi connectivity index (χ4n) is 1.70. The lowest BCUT2D eigenvalue weighted by Crippen LogP contribution is -2.10. The third-order valence-electron chi connectivity index (χ3n) is 2.76. The Morgan fingerprint density at radius 2 is 2.00 bits per heavy atom. The van der Waals surface area contributed by atoms with Crippen molar-refractivity contribution in [2.45, 2.75) is 17.6 Å². The molecular formula is C13H10BrF2NO2S. The van der Waals surface area contributed by atoms with Gasteiger partial charge in [0.25, 0.3) is 0 Å². The van der Waals surface area contributed by atoms with Crippen molar-refractivity contribution in [1.82, 2.24) is 4.98 Å². The van der Waals surface area contributed by atoms with Gasteiger partial charge in [0.2, 0.25) is 0 Å². The Kier molecular flexibility index (Phi) is 4.19. The Labute approximate surface area is 123 Å². The molecule has 3 nitrogen and oxygen atoms in total. The summed E-state index contributed by atoms with van der Waals surface area (Å²) < 4.78 is 51.7. The Balaban J connectivity index is 2.46. The van der Waals surface area contributed by atoms with Crippen LogP contribution in [0.25, 0.3) is 0 Å². The lowest BCUT2D eigenvalue weighted by molar-refractivity contribution is 0.484. The Hall–Kier alpha value is -1.34. The summed E-state index contributed by atoms with van der Waals surface area (Å²) in [5, 5.41) is 0. The van der Waals surface area contributed by atoms with Crippen molar-refractivity contribution in [2.24, 2.45) is 0 Å². The molecule has 1 aromatic carbocycles. The number of rotatable bonds is 3. The van der Waals surface area contributed by atoms with Crippen LogP contribution in [0.15, 0.2) is 39.8 Å². The van der Waals surface area contributed by atoms with Gasteiger partial charge in [0.1, 0.15) is 4.90 Å². The van der Waals surface area contributed by atoms with Crippen molar-refractivity contribution in [3.8, 4) is 0 Å². The predicted octanol–water partition coefficient (Wildman–Crippen LogP) is 3.40. The summed E-state index contributed by atoms with van der Waals surface area (Å²) in [4.78, 5) is 3.38. The summed E-state index contributed by atoms with van der Waals surface area (Å²) in [5.74, 6) is -2.98. The second-order valence-corrected chi connectivity index (χ2v) is 7.08. The molecule has 0 aliphatic heterocycles. The van der Waals surface area contributed by atoms with Crippen LogP contribution in [0.3, 0.4) is 0 Å². The zero-order valence-corrected chi connectivity index (χ0v) is 12.8. The average Bonchev–Trinajstić information content (AvgIpc) is 2.36. The molecule has 0 radical (unpaired) electrons. The highest BCUT2D eigenvalue weighted by Gasteiger charge is 2.23. The first-order valence-electron chi connectivity index (χ1n) is 5.59. The molecule has 0 saturated carbocycles. The summed E-state index contributed by atoms with van der Waals surface area (Å²) in [6.45, 7) is 1.65. The minimum Gasteiger partial charge on any atom is -0.260 e. The molecule has 7 heteroatoms. The van der Waals surface area contributed by atoms with E-state index < -0.39 is 32.1 Å². The first kappa shape index (κ1) is 15.1. The number of aromatic nitrogens is 1. The van der Waals surface area contributed by atoms with Crippen LogP contribution >= 0.6 is 15.9 Å². The van der Waals surface area contributed by atoms with Gasteiger partial charge >= 0.3 is 0 Å². The average molecular weight is 362 g/mol. The first-order chi connectivity index (χ1) is 9.31. The number of hydrogen-bond donors (Lipinski definition) is 0. The summed E-state index contributed by atoms with van der Waals surface area (Å²) in [7, 11) is -3.98. The van der Waals surface area contributed by atoms with Gasteiger partial charge in [0.15, 0.2) is 21.5 Å². The molecule has 0 spiro atoms. The molecule has 0 fully saturated rings. The zero-order chi connectivity index (χ0) is 14.9. The SMILES string of the molecule is Cc1ncc(Br)cc1CS(=O)(=O)c1cccc(F)c1F. The van der Waals surface area contributed by atoms with Crippen LogP contribution in [0.4, 0.5) is 8.78 Å². The van der Waals surface area contributed by atoms with Crippen molar-refractivity contribution in [3.63, 3.8) is 0 Å². The molecule has 0 saturated heterocycles. The number of benzene rings is 1. The summed E-state index contributed by atoms with van der Waals surface area (Å²) in [6, 6.07) is 4.68. The van der Waals surface area contributed by atoms with E-state index in [1.54, 1.807) is 13.0 Å². The van der Waals surface area contributed by atoms with Gasteiger partial charge in [-0.15, -0.1) is 0 Å². The Morgan fingerprint density at radius 3 is 2.70 bits per heavy atom. The van der Waals surface area contributed by atoms with Crippen molar-refractivity contribution < 1.29 is 17.2 Å². The number of aryl methyl sites for hydroxylation is 1. The molecule has 106 valence electrons. The molecule has 0 aliphatic carbocycles. The molecule has 2 aromatic rings. The van der Waals surface area contributed by atoms with Gasteiger partial charge in [-0.1, -0.05) is 6.07 Å². The van der Waals surface area contributed by atoms with E-state index in [1.807, 2.05) is 0 Å². The smallest absolute Gasteiger partial charge is 0.185 e. The van der Waals surface area contributed by atoms with Crippen LogP contribution < -0.4 is 0 Å². The molecule has 1 aromatic heterocycles. The molecule has 0 atom stereocenters. The maximum absolute atomic E-state index is 13.6. The maximum Gasteiger partial charge on any atom is 0.185 e. The van der Waals surface area contributed by atoms with E-state index in [-0.39, 0.29) is 0 Å². The number of hydrogen-bond acceptors (Lipinski definition) is 3. The van der Waals surface area contributed by atoms with Crippen LogP contribution in [0.2, 0.25) is 0 Å². The van der Waals surface area contributed by atoms with Gasteiger partial charge in [-0.2, -0.15) is 0 Å². The quantitative estimate of drug-likeness (QED) is 0.841. The molecule has 0 N–H and O–H groups in total. The summed E-state index contributed by atoms with van der Waals surface area (Å²) >= 11 is 3.19. The lowest BCUT2D eigenvalue weighted by Gasteiger charge is -2.08. The lowest BCUT2D eigenvalue weighted by atomic mass is 10.2. The van der Waals surface area contributed by atoms with Crippen molar-refractivity contribution >= 4 is 25.8 Å². The summed E-state index contributed by atoms with van der Waals surface area (Å²) in [6.07, 6.45) is 1.54. The standard InChI is InChI=1S/C13H10BrF2NO2S/c1-8-9(5-10(14)6-17-8)7-20(18,19)12-4-2-3-11(15)13(12)16/h2-6H,7H2,1H3. The van der Waals surface area contributed by atoms with E-state index in [1.165, 1.54) is 6.20 Å². The van der Waals surface area contributed by atoms with Crippen LogP contribution in [0.5, 0.6) is 0 Å². The van der Waals surface area contributed by atoms with E-state index in [0.717, 1.165) is 18.2 Å². The minimum absolute atomic E-state index is 0.433. The van der Waals surface area contributed by atoms with Gasteiger partial charge in [-0.3, -0.25) is 4.98 Å². The second-order valence-electron chi connectivity index (χ2n) is 4.21. The molecular weight excluding hydrogens is 352 g/mol.